The van der Waals surface area contributed by atoms with Crippen molar-refractivity contribution in [1.82, 2.24) is 5.32 Å². The van der Waals surface area contributed by atoms with E-state index in [0.717, 1.165) is 24.1 Å². The maximum atomic E-state index is 12.0. The van der Waals surface area contributed by atoms with E-state index in [-0.39, 0.29) is 25.0 Å². The van der Waals surface area contributed by atoms with Gasteiger partial charge < -0.3 is 15.4 Å². The van der Waals surface area contributed by atoms with E-state index < -0.39 is 0 Å². The summed E-state index contributed by atoms with van der Waals surface area (Å²) in [5.41, 5.74) is 3.04. The molecule has 0 aromatic heterocycles. The third-order valence-corrected chi connectivity index (χ3v) is 3.82. The van der Waals surface area contributed by atoms with Crippen molar-refractivity contribution in [3.63, 3.8) is 0 Å². The number of amides is 2. The lowest BCUT2D eigenvalue weighted by Crippen LogP contribution is -2.35. The molecule has 0 saturated heterocycles. The molecule has 2 aromatic rings. The maximum Gasteiger partial charge on any atom is 0.258 e. The number of anilines is 1. The van der Waals surface area contributed by atoms with Crippen LogP contribution in [0.3, 0.4) is 0 Å². The highest BCUT2D eigenvalue weighted by atomic mass is 16.5. The Bertz CT molecular complexity index is 711. The number of para-hydroxylation sites is 1. The molecule has 5 heteroatoms. The van der Waals surface area contributed by atoms with Crippen molar-refractivity contribution in [2.75, 3.05) is 18.5 Å². The summed E-state index contributed by atoms with van der Waals surface area (Å²) in [5, 5.41) is 5.37. The molecular formula is C20H24N2O3. The standard InChI is InChI=1S/C20H24N2O3/c1-3-15-9-11-17(12-10-15)25-14-20(24)21-13-19(23)22-18-8-6-5-7-16(18)4-2/h5-12H,3-4,13-14H2,1-2H3,(H,21,24)(H,22,23). The van der Waals surface area contributed by atoms with Crippen molar-refractivity contribution >= 4 is 17.5 Å². The highest BCUT2D eigenvalue weighted by Gasteiger charge is 2.08. The lowest BCUT2D eigenvalue weighted by Gasteiger charge is -2.11. The van der Waals surface area contributed by atoms with E-state index >= 15 is 0 Å². The van der Waals surface area contributed by atoms with Gasteiger partial charge in [0.25, 0.3) is 5.91 Å². The topological polar surface area (TPSA) is 67.4 Å². The maximum absolute atomic E-state index is 12.0. The van der Waals surface area contributed by atoms with Gasteiger partial charge in [0, 0.05) is 5.69 Å². The van der Waals surface area contributed by atoms with Crippen LogP contribution in [0.25, 0.3) is 0 Å². The highest BCUT2D eigenvalue weighted by Crippen LogP contribution is 2.15. The minimum atomic E-state index is -0.335. The van der Waals surface area contributed by atoms with Crippen LogP contribution in [0.4, 0.5) is 5.69 Å². The summed E-state index contributed by atoms with van der Waals surface area (Å²) >= 11 is 0. The second-order valence-corrected chi connectivity index (χ2v) is 5.62. The molecule has 132 valence electrons. The summed E-state index contributed by atoms with van der Waals surface area (Å²) in [7, 11) is 0. The number of carbonyl (C=O) groups is 2. The Morgan fingerprint density at radius 1 is 0.920 bits per heavy atom. The Morgan fingerprint density at radius 2 is 1.64 bits per heavy atom. The molecule has 0 radical (unpaired) electrons. The van der Waals surface area contributed by atoms with E-state index in [1.807, 2.05) is 55.5 Å². The van der Waals surface area contributed by atoms with Gasteiger partial charge in [-0.2, -0.15) is 0 Å². The van der Waals surface area contributed by atoms with Crippen molar-refractivity contribution in [2.45, 2.75) is 26.7 Å². The van der Waals surface area contributed by atoms with Crippen molar-refractivity contribution in [3.05, 3.63) is 59.7 Å². The van der Waals surface area contributed by atoms with Crippen LogP contribution in [-0.4, -0.2) is 25.0 Å². The fourth-order valence-corrected chi connectivity index (χ4v) is 2.35. The second-order valence-electron chi connectivity index (χ2n) is 5.62. The highest BCUT2D eigenvalue weighted by molar-refractivity contribution is 5.95. The van der Waals surface area contributed by atoms with E-state index in [4.69, 9.17) is 4.74 Å². The molecule has 2 N–H and O–H groups in total. The molecule has 0 spiro atoms. The first kappa shape index (κ1) is 18.5. The van der Waals surface area contributed by atoms with E-state index in [9.17, 15) is 9.59 Å². The predicted octanol–water partition coefficient (Wildman–Crippen LogP) is 2.95. The van der Waals surface area contributed by atoms with Crippen LogP contribution in [-0.2, 0) is 22.4 Å². The Balaban J connectivity index is 1.74. The van der Waals surface area contributed by atoms with Gasteiger partial charge in [-0.1, -0.05) is 44.2 Å². The zero-order chi connectivity index (χ0) is 18.1. The Labute approximate surface area is 148 Å². The number of carbonyl (C=O) groups excluding carboxylic acids is 2. The first-order valence-corrected chi connectivity index (χ1v) is 8.48. The number of hydrogen-bond donors (Lipinski definition) is 2. The van der Waals surface area contributed by atoms with Crippen LogP contribution in [0.15, 0.2) is 48.5 Å². The average molecular weight is 340 g/mol. The van der Waals surface area contributed by atoms with Gasteiger partial charge in [0.15, 0.2) is 6.61 Å². The summed E-state index contributed by atoms with van der Waals surface area (Å²) in [6, 6.07) is 15.2. The number of nitrogens with one attached hydrogen (secondary N) is 2. The third-order valence-electron chi connectivity index (χ3n) is 3.82. The van der Waals surface area contributed by atoms with Crippen molar-refractivity contribution in [3.8, 4) is 5.75 Å². The molecule has 0 fully saturated rings. The SMILES string of the molecule is CCc1ccc(OCC(=O)NCC(=O)Nc2ccccc2CC)cc1. The summed E-state index contributed by atoms with van der Waals surface area (Å²) in [4.78, 5) is 23.8. The van der Waals surface area contributed by atoms with Crippen LogP contribution in [0, 0.1) is 0 Å². The molecule has 0 aliphatic carbocycles. The van der Waals surface area contributed by atoms with Crippen molar-refractivity contribution in [2.24, 2.45) is 0 Å². The first-order chi connectivity index (χ1) is 12.1. The quantitative estimate of drug-likeness (QED) is 0.776. The fourth-order valence-electron chi connectivity index (χ4n) is 2.35. The molecule has 0 heterocycles. The molecule has 0 aliphatic heterocycles. The van der Waals surface area contributed by atoms with Gasteiger partial charge in [-0.3, -0.25) is 9.59 Å². The van der Waals surface area contributed by atoms with E-state index in [0.29, 0.717) is 5.75 Å². The molecule has 25 heavy (non-hydrogen) atoms. The predicted molar refractivity (Wildman–Crippen MR) is 98.8 cm³/mol. The molecule has 0 bridgehead atoms. The zero-order valence-electron chi connectivity index (χ0n) is 14.7. The summed E-state index contributed by atoms with van der Waals surface area (Å²) < 4.78 is 5.41. The van der Waals surface area contributed by atoms with Crippen LogP contribution in [0.2, 0.25) is 0 Å². The molecular weight excluding hydrogens is 316 g/mol. The smallest absolute Gasteiger partial charge is 0.258 e. The Morgan fingerprint density at radius 3 is 2.32 bits per heavy atom. The van der Waals surface area contributed by atoms with Crippen LogP contribution < -0.4 is 15.4 Å². The lowest BCUT2D eigenvalue weighted by atomic mass is 10.1. The van der Waals surface area contributed by atoms with Crippen LogP contribution >= 0.6 is 0 Å². The summed E-state index contributed by atoms with van der Waals surface area (Å²) in [5.74, 6) is 0.0359. The van der Waals surface area contributed by atoms with E-state index in [2.05, 4.69) is 17.6 Å². The minimum Gasteiger partial charge on any atom is -0.484 e. The second kappa shape index (κ2) is 9.47. The molecule has 0 aliphatic rings. The number of rotatable bonds is 8. The average Bonchev–Trinajstić information content (AvgIpc) is 2.65. The number of benzene rings is 2. The van der Waals surface area contributed by atoms with Gasteiger partial charge in [-0.05, 0) is 42.2 Å². The number of aryl methyl sites for hydroxylation is 2. The monoisotopic (exact) mass is 340 g/mol. The van der Waals surface area contributed by atoms with Crippen molar-refractivity contribution in [1.29, 1.82) is 0 Å². The van der Waals surface area contributed by atoms with Crippen molar-refractivity contribution < 1.29 is 14.3 Å². The normalized spacial score (nSPS) is 10.2. The van der Waals surface area contributed by atoms with E-state index in [1.54, 1.807) is 0 Å². The molecule has 0 saturated carbocycles. The molecule has 2 aromatic carbocycles. The van der Waals surface area contributed by atoms with Crippen LogP contribution in [0.1, 0.15) is 25.0 Å². The van der Waals surface area contributed by atoms with Crippen LogP contribution in [0.5, 0.6) is 5.75 Å². The Kier molecular flexibility index (Phi) is 7.01. The largest absolute Gasteiger partial charge is 0.484 e. The van der Waals surface area contributed by atoms with E-state index in [1.165, 1.54) is 5.56 Å². The Hall–Kier alpha value is -2.82. The van der Waals surface area contributed by atoms with Gasteiger partial charge in [-0.15, -0.1) is 0 Å². The molecule has 2 amide bonds. The summed E-state index contributed by atoms with van der Waals surface area (Å²) in [6.45, 7) is 3.89. The van der Waals surface area contributed by atoms with Gasteiger partial charge >= 0.3 is 0 Å². The molecule has 0 atom stereocenters. The summed E-state index contributed by atoms with van der Waals surface area (Å²) in [6.07, 6.45) is 1.78. The van der Waals surface area contributed by atoms with Gasteiger partial charge in [0.1, 0.15) is 5.75 Å². The van der Waals surface area contributed by atoms with Gasteiger partial charge in [0.05, 0.1) is 6.54 Å². The third kappa shape index (κ3) is 5.95. The number of hydrogen-bond acceptors (Lipinski definition) is 3. The lowest BCUT2D eigenvalue weighted by molar-refractivity contribution is -0.125. The number of ether oxygens (including phenoxy) is 1. The molecule has 0 unspecified atom stereocenters. The fraction of sp³-hybridized carbons (Fsp3) is 0.300. The zero-order valence-corrected chi connectivity index (χ0v) is 14.7. The minimum absolute atomic E-state index is 0.0883. The van der Waals surface area contributed by atoms with Gasteiger partial charge in [0.2, 0.25) is 5.91 Å². The molecule has 2 rings (SSSR count). The first-order valence-electron chi connectivity index (χ1n) is 8.48. The molecule has 5 nitrogen and oxygen atoms in total. The van der Waals surface area contributed by atoms with Gasteiger partial charge in [-0.25, -0.2) is 0 Å².